The van der Waals surface area contributed by atoms with Crippen LogP contribution in [0.15, 0.2) is 35.5 Å². The summed E-state index contributed by atoms with van der Waals surface area (Å²) >= 11 is 1.29. The highest BCUT2D eigenvalue weighted by Gasteiger charge is 2.22. The van der Waals surface area contributed by atoms with Crippen LogP contribution in [0.5, 0.6) is 0 Å². The molecule has 27 heavy (non-hydrogen) atoms. The Morgan fingerprint density at radius 1 is 1.22 bits per heavy atom. The van der Waals surface area contributed by atoms with E-state index < -0.39 is 11.3 Å². The van der Waals surface area contributed by atoms with E-state index in [4.69, 9.17) is 0 Å². The molecular formula is C19H25N5O2S. The van der Waals surface area contributed by atoms with Crippen LogP contribution < -0.4 is 10.6 Å². The number of nitrogens with zero attached hydrogens (tertiary/aromatic N) is 3. The predicted octanol–water partition coefficient (Wildman–Crippen LogP) is 2.65. The summed E-state index contributed by atoms with van der Waals surface area (Å²) in [6.07, 6.45) is 4.89. The number of carbonyl (C=O) groups is 2. The van der Waals surface area contributed by atoms with E-state index in [1.807, 2.05) is 41.9 Å². The molecule has 0 radical (unpaired) electrons. The Labute approximate surface area is 163 Å². The van der Waals surface area contributed by atoms with Crippen molar-refractivity contribution in [3.05, 3.63) is 41.7 Å². The molecule has 1 atom stereocenters. The van der Waals surface area contributed by atoms with E-state index in [2.05, 4.69) is 20.8 Å². The van der Waals surface area contributed by atoms with Crippen molar-refractivity contribution in [1.82, 2.24) is 25.4 Å². The number of imide groups is 1. The van der Waals surface area contributed by atoms with Gasteiger partial charge in [-0.25, -0.2) is 4.79 Å². The van der Waals surface area contributed by atoms with Crippen molar-refractivity contribution in [2.24, 2.45) is 7.05 Å². The molecule has 3 amide bonds. The van der Waals surface area contributed by atoms with Gasteiger partial charge in [-0.1, -0.05) is 54.9 Å². The summed E-state index contributed by atoms with van der Waals surface area (Å²) in [6.45, 7) is 1.76. The molecule has 0 unspecified atom stereocenters. The highest BCUT2D eigenvalue weighted by atomic mass is 32.2. The molecule has 144 valence electrons. The van der Waals surface area contributed by atoms with Gasteiger partial charge in [-0.05, 0) is 25.3 Å². The van der Waals surface area contributed by atoms with E-state index in [1.54, 1.807) is 6.92 Å². The van der Waals surface area contributed by atoms with Crippen LogP contribution in [0.2, 0.25) is 0 Å². The molecule has 1 aliphatic rings. The van der Waals surface area contributed by atoms with Gasteiger partial charge in [0.1, 0.15) is 5.82 Å². The van der Waals surface area contributed by atoms with Gasteiger partial charge in [-0.2, -0.15) is 0 Å². The quantitative estimate of drug-likeness (QED) is 0.744. The Hall–Kier alpha value is -2.35. The number of hydrogen-bond acceptors (Lipinski definition) is 5. The fourth-order valence-corrected chi connectivity index (χ4v) is 3.93. The molecule has 1 fully saturated rings. The van der Waals surface area contributed by atoms with E-state index >= 15 is 0 Å². The fourth-order valence-electron chi connectivity index (χ4n) is 3.10. The lowest BCUT2D eigenvalue weighted by atomic mass is 10.1. The smallest absolute Gasteiger partial charge is 0.321 e. The number of carbonyl (C=O) groups excluding carboxylic acids is 2. The molecule has 1 aromatic carbocycles. The first-order valence-corrected chi connectivity index (χ1v) is 10.1. The normalized spacial score (nSPS) is 15.5. The average Bonchev–Trinajstić information content (AvgIpc) is 3.27. The van der Waals surface area contributed by atoms with Crippen molar-refractivity contribution in [1.29, 1.82) is 0 Å². The van der Waals surface area contributed by atoms with Crippen LogP contribution in [0, 0.1) is 0 Å². The number of rotatable bonds is 6. The second kappa shape index (κ2) is 9.03. The third-order valence-electron chi connectivity index (χ3n) is 4.71. The first-order chi connectivity index (χ1) is 13.0. The van der Waals surface area contributed by atoms with Crippen LogP contribution in [-0.4, -0.2) is 38.0 Å². The molecule has 2 aromatic rings. The molecule has 0 saturated heterocycles. The van der Waals surface area contributed by atoms with E-state index in [-0.39, 0.29) is 11.9 Å². The molecular weight excluding hydrogens is 362 g/mol. The summed E-state index contributed by atoms with van der Waals surface area (Å²) < 4.78 is 1.89. The molecule has 1 saturated carbocycles. The van der Waals surface area contributed by atoms with Crippen LogP contribution in [0.1, 0.15) is 44.0 Å². The Morgan fingerprint density at radius 3 is 2.63 bits per heavy atom. The van der Waals surface area contributed by atoms with Crippen molar-refractivity contribution in [3.63, 3.8) is 0 Å². The van der Waals surface area contributed by atoms with Crippen LogP contribution in [-0.2, 0) is 18.3 Å². The summed E-state index contributed by atoms with van der Waals surface area (Å²) in [5.41, 5.74) is 1.15. The summed E-state index contributed by atoms with van der Waals surface area (Å²) in [7, 11) is 1.89. The summed E-state index contributed by atoms with van der Waals surface area (Å²) in [5.74, 6) is 0.499. The standard InChI is InChI=1S/C19H25N5O2S/c1-13(17(25)21-18(26)20-15-10-6-7-11-15)27-19-23-22-16(24(19)2)12-14-8-4-3-5-9-14/h3-5,8-9,13,15H,6-7,10-12H2,1-2H3,(H2,20,21,25,26)/t13-/m1/s1. The van der Waals surface area contributed by atoms with Crippen molar-refractivity contribution < 1.29 is 9.59 Å². The fraction of sp³-hybridized carbons (Fsp3) is 0.474. The Balaban J connectivity index is 1.53. The maximum atomic E-state index is 12.3. The summed E-state index contributed by atoms with van der Waals surface area (Å²) in [4.78, 5) is 24.2. The van der Waals surface area contributed by atoms with Crippen molar-refractivity contribution >= 4 is 23.7 Å². The SMILES string of the molecule is C[C@@H](Sc1nnc(Cc2ccccc2)n1C)C(=O)NC(=O)NC1CCCC1. The van der Waals surface area contributed by atoms with Crippen molar-refractivity contribution in [2.75, 3.05) is 0 Å². The minimum atomic E-state index is -0.452. The highest BCUT2D eigenvalue weighted by molar-refractivity contribution is 8.00. The zero-order chi connectivity index (χ0) is 19.2. The lowest BCUT2D eigenvalue weighted by molar-refractivity contribution is -0.119. The van der Waals surface area contributed by atoms with Gasteiger partial charge in [0.2, 0.25) is 5.91 Å². The molecule has 1 heterocycles. The van der Waals surface area contributed by atoms with Gasteiger partial charge in [-0.15, -0.1) is 10.2 Å². The second-order valence-corrected chi connectivity index (χ2v) is 8.13. The van der Waals surface area contributed by atoms with Gasteiger partial charge in [-0.3, -0.25) is 10.1 Å². The van der Waals surface area contributed by atoms with Gasteiger partial charge >= 0.3 is 6.03 Å². The van der Waals surface area contributed by atoms with Crippen LogP contribution in [0.4, 0.5) is 4.79 Å². The van der Waals surface area contributed by atoms with Crippen LogP contribution >= 0.6 is 11.8 Å². The lowest BCUT2D eigenvalue weighted by Crippen LogP contribution is -2.45. The monoisotopic (exact) mass is 387 g/mol. The molecule has 7 nitrogen and oxygen atoms in total. The molecule has 1 aromatic heterocycles. The van der Waals surface area contributed by atoms with E-state index in [1.165, 1.54) is 11.8 Å². The van der Waals surface area contributed by atoms with Gasteiger partial charge in [0.15, 0.2) is 5.16 Å². The van der Waals surface area contributed by atoms with Crippen LogP contribution in [0.25, 0.3) is 0 Å². The van der Waals surface area contributed by atoms with Crippen molar-refractivity contribution in [2.45, 2.75) is 55.5 Å². The molecule has 8 heteroatoms. The van der Waals surface area contributed by atoms with Gasteiger partial charge in [0, 0.05) is 19.5 Å². The van der Waals surface area contributed by atoms with Gasteiger partial charge in [0.05, 0.1) is 5.25 Å². The topological polar surface area (TPSA) is 88.9 Å². The molecule has 0 aliphatic heterocycles. The number of thioether (sulfide) groups is 1. The summed E-state index contributed by atoms with van der Waals surface area (Å²) in [6, 6.07) is 9.81. The van der Waals surface area contributed by atoms with E-state index in [0.717, 1.165) is 37.1 Å². The molecule has 0 bridgehead atoms. The van der Waals surface area contributed by atoms with E-state index in [0.29, 0.717) is 11.6 Å². The zero-order valence-corrected chi connectivity index (χ0v) is 16.5. The highest BCUT2D eigenvalue weighted by Crippen LogP contribution is 2.22. The maximum Gasteiger partial charge on any atom is 0.321 e. The first kappa shape index (κ1) is 19.4. The van der Waals surface area contributed by atoms with E-state index in [9.17, 15) is 9.59 Å². The third kappa shape index (κ3) is 5.32. The lowest BCUT2D eigenvalue weighted by Gasteiger charge is -2.14. The number of hydrogen-bond donors (Lipinski definition) is 2. The first-order valence-electron chi connectivity index (χ1n) is 9.23. The molecule has 0 spiro atoms. The number of urea groups is 1. The number of nitrogens with one attached hydrogen (secondary N) is 2. The van der Waals surface area contributed by atoms with Gasteiger partial charge < -0.3 is 9.88 Å². The van der Waals surface area contributed by atoms with Gasteiger partial charge in [0.25, 0.3) is 0 Å². The Kier molecular flexibility index (Phi) is 6.49. The average molecular weight is 388 g/mol. The Bertz CT molecular complexity index is 787. The molecule has 2 N–H and O–H groups in total. The summed E-state index contributed by atoms with van der Waals surface area (Å²) in [5, 5.41) is 13.9. The molecule has 1 aliphatic carbocycles. The largest absolute Gasteiger partial charge is 0.335 e. The van der Waals surface area contributed by atoms with Crippen LogP contribution in [0.3, 0.4) is 0 Å². The number of benzene rings is 1. The number of amides is 3. The minimum Gasteiger partial charge on any atom is -0.335 e. The predicted molar refractivity (Wildman–Crippen MR) is 105 cm³/mol. The Morgan fingerprint density at radius 2 is 1.93 bits per heavy atom. The maximum absolute atomic E-state index is 12.3. The third-order valence-corrected chi connectivity index (χ3v) is 5.84. The second-order valence-electron chi connectivity index (χ2n) is 6.82. The minimum absolute atomic E-state index is 0.181. The zero-order valence-electron chi connectivity index (χ0n) is 15.6. The molecule has 3 rings (SSSR count). The van der Waals surface area contributed by atoms with Crippen molar-refractivity contribution in [3.8, 4) is 0 Å². The number of aromatic nitrogens is 3.